The lowest BCUT2D eigenvalue weighted by molar-refractivity contribution is -0.274. The van der Waals surface area contributed by atoms with Gasteiger partial charge in [0, 0.05) is 50.5 Å². The standard InChI is InChI=1S/C20H27F3N4O3/c1-15-5-2-3-8-27(15)18(28)14-25-9-11-26(12-10-25)19(29)24-16-6-4-7-17(13-16)30-20(21,22)23/h4,6-7,13,15H,2-3,5,8-12,14H2,1H3,(H,24,29). The summed E-state index contributed by atoms with van der Waals surface area (Å²) >= 11 is 0. The molecule has 2 heterocycles. The second kappa shape index (κ2) is 9.55. The highest BCUT2D eigenvalue weighted by Gasteiger charge is 2.31. The number of benzene rings is 1. The van der Waals surface area contributed by atoms with Crippen molar-refractivity contribution < 1.29 is 27.5 Å². The number of carbonyl (C=O) groups excluding carboxylic acids is 2. The molecule has 1 aromatic carbocycles. The summed E-state index contributed by atoms with van der Waals surface area (Å²) in [6, 6.07) is 5.05. The normalized spacial score (nSPS) is 20.7. The molecular formula is C20H27F3N4O3. The summed E-state index contributed by atoms with van der Waals surface area (Å²) in [6.45, 7) is 5.24. The number of hydrogen-bond donors (Lipinski definition) is 1. The molecule has 3 amide bonds. The molecule has 1 N–H and O–H groups in total. The van der Waals surface area contributed by atoms with Crippen molar-refractivity contribution in [2.24, 2.45) is 0 Å². The lowest BCUT2D eigenvalue weighted by Gasteiger charge is -2.38. The summed E-state index contributed by atoms with van der Waals surface area (Å²) in [5.74, 6) is -0.267. The Hall–Kier alpha value is -2.49. The van der Waals surface area contributed by atoms with E-state index >= 15 is 0 Å². The number of halogens is 3. The smallest absolute Gasteiger partial charge is 0.406 e. The maximum absolute atomic E-state index is 12.6. The Bertz CT molecular complexity index is 751. The van der Waals surface area contributed by atoms with E-state index in [0.29, 0.717) is 32.7 Å². The molecule has 10 heteroatoms. The van der Waals surface area contributed by atoms with E-state index in [-0.39, 0.29) is 17.6 Å². The van der Waals surface area contributed by atoms with E-state index in [2.05, 4.69) is 17.0 Å². The highest BCUT2D eigenvalue weighted by Crippen LogP contribution is 2.25. The second-order valence-electron chi connectivity index (χ2n) is 7.70. The van der Waals surface area contributed by atoms with Crippen LogP contribution >= 0.6 is 0 Å². The molecule has 3 rings (SSSR count). The monoisotopic (exact) mass is 428 g/mol. The van der Waals surface area contributed by atoms with Crippen LogP contribution in [0.5, 0.6) is 5.75 Å². The topological polar surface area (TPSA) is 65.1 Å². The zero-order chi connectivity index (χ0) is 21.7. The van der Waals surface area contributed by atoms with Crippen LogP contribution in [0.15, 0.2) is 24.3 Å². The second-order valence-corrected chi connectivity index (χ2v) is 7.70. The van der Waals surface area contributed by atoms with Crippen LogP contribution in [0.1, 0.15) is 26.2 Å². The number of amides is 3. The molecule has 1 aromatic rings. The first-order valence-corrected chi connectivity index (χ1v) is 10.1. The number of alkyl halides is 3. The summed E-state index contributed by atoms with van der Waals surface area (Å²) in [5.41, 5.74) is 0.221. The largest absolute Gasteiger partial charge is 0.573 e. The number of carbonyl (C=O) groups is 2. The number of hydrogen-bond acceptors (Lipinski definition) is 4. The number of piperidine rings is 1. The van der Waals surface area contributed by atoms with Gasteiger partial charge in [-0.05, 0) is 38.3 Å². The fraction of sp³-hybridized carbons (Fsp3) is 0.600. The Morgan fingerprint density at radius 2 is 1.87 bits per heavy atom. The van der Waals surface area contributed by atoms with Gasteiger partial charge in [-0.1, -0.05) is 6.07 Å². The van der Waals surface area contributed by atoms with Gasteiger partial charge in [0.15, 0.2) is 0 Å². The van der Waals surface area contributed by atoms with E-state index in [0.717, 1.165) is 31.9 Å². The summed E-state index contributed by atoms with van der Waals surface area (Å²) < 4.78 is 40.9. The zero-order valence-corrected chi connectivity index (χ0v) is 17.0. The molecule has 166 valence electrons. The highest BCUT2D eigenvalue weighted by molar-refractivity contribution is 5.89. The third kappa shape index (κ3) is 6.25. The lowest BCUT2D eigenvalue weighted by atomic mass is 10.0. The minimum atomic E-state index is -4.79. The van der Waals surface area contributed by atoms with Gasteiger partial charge in [0.05, 0.1) is 6.54 Å². The predicted molar refractivity (Wildman–Crippen MR) is 105 cm³/mol. The van der Waals surface area contributed by atoms with E-state index < -0.39 is 18.1 Å². The Morgan fingerprint density at radius 3 is 2.53 bits per heavy atom. The Labute approximate surface area is 173 Å². The maximum atomic E-state index is 12.6. The average Bonchev–Trinajstić information content (AvgIpc) is 2.67. The van der Waals surface area contributed by atoms with Gasteiger partial charge in [0.1, 0.15) is 5.75 Å². The van der Waals surface area contributed by atoms with Gasteiger partial charge in [-0.2, -0.15) is 0 Å². The van der Waals surface area contributed by atoms with Crippen molar-refractivity contribution in [2.45, 2.75) is 38.6 Å². The summed E-state index contributed by atoms with van der Waals surface area (Å²) in [6.07, 6.45) is -1.56. The number of likely N-dealkylation sites (tertiary alicyclic amines) is 1. The van der Waals surface area contributed by atoms with Gasteiger partial charge in [-0.3, -0.25) is 9.69 Å². The number of rotatable bonds is 4. The molecule has 1 unspecified atom stereocenters. The van der Waals surface area contributed by atoms with Crippen LogP contribution in [-0.4, -0.2) is 78.3 Å². The predicted octanol–water partition coefficient (Wildman–Crippen LogP) is 3.14. The number of nitrogens with one attached hydrogen (secondary N) is 1. The van der Waals surface area contributed by atoms with Gasteiger partial charge in [0.25, 0.3) is 0 Å². The van der Waals surface area contributed by atoms with Crippen LogP contribution in [-0.2, 0) is 4.79 Å². The molecule has 0 aliphatic carbocycles. The van der Waals surface area contributed by atoms with E-state index in [4.69, 9.17) is 0 Å². The quantitative estimate of drug-likeness (QED) is 0.800. The van der Waals surface area contributed by atoms with E-state index in [1.807, 2.05) is 9.80 Å². The SMILES string of the molecule is CC1CCCCN1C(=O)CN1CCN(C(=O)Nc2cccc(OC(F)(F)F)c2)CC1. The maximum Gasteiger partial charge on any atom is 0.573 e. The van der Waals surface area contributed by atoms with Crippen LogP contribution in [0.2, 0.25) is 0 Å². The number of ether oxygens (including phenoxy) is 1. The molecule has 2 aliphatic rings. The van der Waals surface area contributed by atoms with Gasteiger partial charge in [0.2, 0.25) is 5.91 Å². The van der Waals surface area contributed by atoms with E-state index in [9.17, 15) is 22.8 Å². The van der Waals surface area contributed by atoms with E-state index in [1.54, 1.807) is 4.90 Å². The Kier molecular flexibility index (Phi) is 7.06. The summed E-state index contributed by atoms with van der Waals surface area (Å²) in [7, 11) is 0. The van der Waals surface area contributed by atoms with Crippen molar-refractivity contribution in [3.05, 3.63) is 24.3 Å². The van der Waals surface area contributed by atoms with Crippen LogP contribution in [0, 0.1) is 0 Å². The number of nitrogens with zero attached hydrogens (tertiary/aromatic N) is 3. The molecule has 7 nitrogen and oxygen atoms in total. The zero-order valence-electron chi connectivity index (χ0n) is 17.0. The summed E-state index contributed by atoms with van der Waals surface area (Å²) in [5, 5.41) is 2.60. The molecule has 0 saturated carbocycles. The van der Waals surface area contributed by atoms with Crippen LogP contribution in [0.4, 0.5) is 23.7 Å². The van der Waals surface area contributed by atoms with E-state index in [1.165, 1.54) is 18.2 Å². The fourth-order valence-electron chi connectivity index (χ4n) is 3.83. The van der Waals surface area contributed by atoms with Gasteiger partial charge >= 0.3 is 12.4 Å². The Balaban J connectivity index is 1.46. The first-order valence-electron chi connectivity index (χ1n) is 10.1. The molecule has 30 heavy (non-hydrogen) atoms. The summed E-state index contributed by atoms with van der Waals surface area (Å²) in [4.78, 5) is 30.6. The highest BCUT2D eigenvalue weighted by atomic mass is 19.4. The van der Waals surface area contributed by atoms with Gasteiger partial charge in [-0.25, -0.2) is 4.79 Å². The van der Waals surface area contributed by atoms with Crippen molar-refractivity contribution in [2.75, 3.05) is 44.6 Å². The average molecular weight is 428 g/mol. The van der Waals surface area contributed by atoms with Crippen LogP contribution in [0.3, 0.4) is 0 Å². The Morgan fingerprint density at radius 1 is 1.13 bits per heavy atom. The van der Waals surface area contributed by atoms with Crippen molar-refractivity contribution in [1.82, 2.24) is 14.7 Å². The fourth-order valence-corrected chi connectivity index (χ4v) is 3.83. The first-order chi connectivity index (χ1) is 14.2. The van der Waals surface area contributed by atoms with Crippen LogP contribution < -0.4 is 10.1 Å². The number of urea groups is 1. The molecule has 0 aromatic heterocycles. The number of anilines is 1. The van der Waals surface area contributed by atoms with Gasteiger partial charge in [-0.15, -0.1) is 13.2 Å². The van der Waals surface area contributed by atoms with Crippen molar-refractivity contribution in [3.63, 3.8) is 0 Å². The molecule has 2 saturated heterocycles. The third-order valence-corrected chi connectivity index (χ3v) is 5.46. The molecule has 0 bridgehead atoms. The minimum Gasteiger partial charge on any atom is -0.406 e. The third-order valence-electron chi connectivity index (χ3n) is 5.46. The molecule has 0 radical (unpaired) electrons. The van der Waals surface area contributed by atoms with Gasteiger partial charge < -0.3 is 19.9 Å². The number of piperazine rings is 1. The minimum absolute atomic E-state index is 0.126. The van der Waals surface area contributed by atoms with Crippen molar-refractivity contribution >= 4 is 17.6 Å². The van der Waals surface area contributed by atoms with Crippen molar-refractivity contribution in [3.8, 4) is 5.75 Å². The lowest BCUT2D eigenvalue weighted by Crippen LogP contribution is -2.53. The van der Waals surface area contributed by atoms with Crippen LogP contribution in [0.25, 0.3) is 0 Å². The molecule has 2 aliphatic heterocycles. The first kappa shape index (κ1) is 22.2. The molecule has 1 atom stereocenters. The molecule has 0 spiro atoms. The molecular weight excluding hydrogens is 401 g/mol. The van der Waals surface area contributed by atoms with Crippen molar-refractivity contribution in [1.29, 1.82) is 0 Å². The molecule has 2 fully saturated rings.